The zero-order valence-electron chi connectivity index (χ0n) is 11.9. The van der Waals surface area contributed by atoms with Gasteiger partial charge < -0.3 is 11.1 Å². The number of amides is 1. The minimum Gasteiger partial charge on any atom is -0.326 e. The third-order valence-electron chi connectivity index (χ3n) is 2.93. The molecule has 0 aliphatic heterocycles. The Labute approximate surface area is 124 Å². The molecule has 3 N–H and O–H groups in total. The Kier molecular flexibility index (Phi) is 5.08. The molecule has 2 rings (SSSR count). The fraction of sp³-hybridized carbons (Fsp3) is 0.176. The summed E-state index contributed by atoms with van der Waals surface area (Å²) in [6, 6.07) is 9.35. The summed E-state index contributed by atoms with van der Waals surface area (Å²) >= 11 is 0. The summed E-state index contributed by atoms with van der Waals surface area (Å²) in [4.78, 5) is 16.0. The van der Waals surface area contributed by atoms with E-state index in [0.717, 1.165) is 22.4 Å². The lowest BCUT2D eigenvalue weighted by molar-refractivity contribution is -0.115. The molecule has 1 aromatic heterocycles. The number of anilines is 1. The average Bonchev–Trinajstić information content (AvgIpc) is 2.48. The van der Waals surface area contributed by atoms with Gasteiger partial charge in [0.2, 0.25) is 5.91 Å². The van der Waals surface area contributed by atoms with Crippen LogP contribution in [0.3, 0.4) is 0 Å². The number of nitrogens with two attached hydrogens (primary N) is 1. The lowest BCUT2D eigenvalue weighted by Crippen LogP contribution is -2.14. The SMILES string of the molecule is Cc1ccc(NC(=O)Cc2cccnc2)cc1C#CCN. The van der Waals surface area contributed by atoms with Crippen LogP contribution in [-0.4, -0.2) is 17.4 Å². The second-order valence-corrected chi connectivity index (χ2v) is 4.62. The van der Waals surface area contributed by atoms with Crippen LogP contribution in [0.1, 0.15) is 16.7 Å². The Balaban J connectivity index is 2.07. The van der Waals surface area contributed by atoms with E-state index in [0.29, 0.717) is 13.0 Å². The van der Waals surface area contributed by atoms with Crippen molar-refractivity contribution in [2.24, 2.45) is 5.73 Å². The highest BCUT2D eigenvalue weighted by atomic mass is 16.1. The van der Waals surface area contributed by atoms with Gasteiger partial charge in [0.05, 0.1) is 13.0 Å². The summed E-state index contributed by atoms with van der Waals surface area (Å²) in [6.45, 7) is 2.29. The van der Waals surface area contributed by atoms with Gasteiger partial charge in [-0.05, 0) is 36.2 Å². The molecule has 0 aliphatic rings. The van der Waals surface area contributed by atoms with Gasteiger partial charge in [-0.3, -0.25) is 9.78 Å². The zero-order chi connectivity index (χ0) is 15.1. The number of rotatable bonds is 3. The number of aromatic nitrogens is 1. The zero-order valence-corrected chi connectivity index (χ0v) is 11.9. The molecular weight excluding hydrogens is 262 g/mol. The van der Waals surface area contributed by atoms with Gasteiger partial charge in [0.1, 0.15) is 0 Å². The first kappa shape index (κ1) is 14.8. The van der Waals surface area contributed by atoms with E-state index in [2.05, 4.69) is 22.1 Å². The van der Waals surface area contributed by atoms with Gasteiger partial charge in [-0.1, -0.05) is 24.0 Å². The van der Waals surface area contributed by atoms with Crippen molar-refractivity contribution in [2.75, 3.05) is 11.9 Å². The highest BCUT2D eigenvalue weighted by molar-refractivity contribution is 5.92. The number of nitrogens with zero attached hydrogens (tertiary/aromatic N) is 1. The quantitative estimate of drug-likeness (QED) is 0.843. The molecule has 0 fully saturated rings. The lowest BCUT2D eigenvalue weighted by atomic mass is 10.1. The topological polar surface area (TPSA) is 68.0 Å². The first-order valence-electron chi connectivity index (χ1n) is 6.67. The number of carbonyl (C=O) groups is 1. The standard InChI is InChI=1S/C17H17N3O/c1-13-6-7-16(11-15(13)5-2-8-18)20-17(21)10-14-4-3-9-19-12-14/h3-4,6-7,9,11-12H,8,10,18H2,1H3,(H,20,21). The minimum absolute atomic E-state index is 0.0791. The van der Waals surface area contributed by atoms with Crippen molar-refractivity contribution in [3.05, 3.63) is 59.4 Å². The van der Waals surface area contributed by atoms with E-state index in [1.54, 1.807) is 12.4 Å². The molecule has 1 aromatic carbocycles. The number of hydrogen-bond acceptors (Lipinski definition) is 3. The van der Waals surface area contributed by atoms with Gasteiger partial charge in [-0.15, -0.1) is 0 Å². The summed E-state index contributed by atoms with van der Waals surface area (Å²) in [7, 11) is 0. The lowest BCUT2D eigenvalue weighted by Gasteiger charge is -2.07. The van der Waals surface area contributed by atoms with Crippen molar-refractivity contribution < 1.29 is 4.79 Å². The van der Waals surface area contributed by atoms with Gasteiger partial charge in [-0.25, -0.2) is 0 Å². The summed E-state index contributed by atoms with van der Waals surface area (Å²) in [6.07, 6.45) is 3.67. The largest absolute Gasteiger partial charge is 0.326 e. The molecule has 0 unspecified atom stereocenters. The van der Waals surface area contributed by atoms with E-state index in [1.165, 1.54) is 0 Å². The van der Waals surface area contributed by atoms with Gasteiger partial charge in [-0.2, -0.15) is 0 Å². The Bertz CT molecular complexity index is 684. The highest BCUT2D eigenvalue weighted by Crippen LogP contribution is 2.15. The van der Waals surface area contributed by atoms with Gasteiger partial charge in [0.15, 0.2) is 0 Å². The van der Waals surface area contributed by atoms with E-state index in [9.17, 15) is 4.79 Å². The first-order valence-corrected chi connectivity index (χ1v) is 6.67. The monoisotopic (exact) mass is 279 g/mol. The van der Waals surface area contributed by atoms with Crippen LogP contribution >= 0.6 is 0 Å². The summed E-state index contributed by atoms with van der Waals surface area (Å²) in [5.41, 5.74) is 8.93. The van der Waals surface area contributed by atoms with Crippen molar-refractivity contribution in [3.8, 4) is 11.8 Å². The number of aryl methyl sites for hydroxylation is 1. The molecule has 0 saturated carbocycles. The summed E-state index contributed by atoms with van der Waals surface area (Å²) in [5.74, 6) is 5.74. The fourth-order valence-corrected chi connectivity index (χ4v) is 1.87. The Morgan fingerprint density at radius 3 is 2.95 bits per heavy atom. The molecule has 0 bridgehead atoms. The Morgan fingerprint density at radius 1 is 1.38 bits per heavy atom. The van der Waals surface area contributed by atoms with Crippen molar-refractivity contribution in [3.63, 3.8) is 0 Å². The molecule has 0 atom stereocenters. The van der Waals surface area contributed by atoms with E-state index >= 15 is 0 Å². The van der Waals surface area contributed by atoms with E-state index in [1.807, 2.05) is 37.3 Å². The number of nitrogens with one attached hydrogen (secondary N) is 1. The van der Waals surface area contributed by atoms with Gasteiger partial charge >= 0.3 is 0 Å². The van der Waals surface area contributed by atoms with Crippen LogP contribution in [0.15, 0.2) is 42.7 Å². The van der Waals surface area contributed by atoms with Crippen LogP contribution in [0.2, 0.25) is 0 Å². The minimum atomic E-state index is -0.0791. The van der Waals surface area contributed by atoms with E-state index in [4.69, 9.17) is 5.73 Å². The Hall–Kier alpha value is -2.64. The number of carbonyl (C=O) groups excluding carboxylic acids is 1. The molecule has 0 spiro atoms. The molecule has 1 heterocycles. The second-order valence-electron chi connectivity index (χ2n) is 4.62. The predicted octanol–water partition coefficient (Wildman–Crippen LogP) is 1.88. The van der Waals surface area contributed by atoms with Crippen LogP contribution in [-0.2, 0) is 11.2 Å². The van der Waals surface area contributed by atoms with Crippen LogP contribution in [0.5, 0.6) is 0 Å². The maximum Gasteiger partial charge on any atom is 0.228 e. The molecular formula is C17H17N3O. The molecule has 2 aromatic rings. The maximum absolute atomic E-state index is 12.0. The Morgan fingerprint density at radius 2 is 2.24 bits per heavy atom. The molecule has 106 valence electrons. The predicted molar refractivity (Wildman–Crippen MR) is 83.7 cm³/mol. The summed E-state index contributed by atoms with van der Waals surface area (Å²) in [5, 5.41) is 2.87. The maximum atomic E-state index is 12.0. The molecule has 1 amide bonds. The third kappa shape index (κ3) is 4.44. The van der Waals surface area contributed by atoms with Gasteiger partial charge in [0, 0.05) is 23.6 Å². The van der Waals surface area contributed by atoms with Crippen LogP contribution in [0, 0.1) is 18.8 Å². The molecule has 0 saturated heterocycles. The van der Waals surface area contributed by atoms with Crippen molar-refractivity contribution in [2.45, 2.75) is 13.3 Å². The van der Waals surface area contributed by atoms with E-state index in [-0.39, 0.29) is 5.91 Å². The molecule has 4 nitrogen and oxygen atoms in total. The molecule has 0 aliphatic carbocycles. The van der Waals surface area contributed by atoms with Crippen LogP contribution in [0.25, 0.3) is 0 Å². The third-order valence-corrected chi connectivity index (χ3v) is 2.93. The van der Waals surface area contributed by atoms with Crippen molar-refractivity contribution in [1.29, 1.82) is 0 Å². The fourth-order valence-electron chi connectivity index (χ4n) is 1.87. The van der Waals surface area contributed by atoms with Crippen LogP contribution in [0.4, 0.5) is 5.69 Å². The second kappa shape index (κ2) is 7.22. The molecule has 0 radical (unpaired) electrons. The van der Waals surface area contributed by atoms with Gasteiger partial charge in [0.25, 0.3) is 0 Å². The highest BCUT2D eigenvalue weighted by Gasteiger charge is 2.05. The number of benzene rings is 1. The normalized spacial score (nSPS) is 9.62. The average molecular weight is 279 g/mol. The number of hydrogen-bond donors (Lipinski definition) is 2. The first-order chi connectivity index (χ1) is 10.2. The van der Waals surface area contributed by atoms with E-state index < -0.39 is 0 Å². The van der Waals surface area contributed by atoms with Crippen molar-refractivity contribution >= 4 is 11.6 Å². The van der Waals surface area contributed by atoms with Crippen LogP contribution < -0.4 is 11.1 Å². The molecule has 4 heteroatoms. The van der Waals surface area contributed by atoms with Crippen molar-refractivity contribution in [1.82, 2.24) is 4.98 Å². The smallest absolute Gasteiger partial charge is 0.228 e. The molecule has 21 heavy (non-hydrogen) atoms. The number of pyridine rings is 1. The summed E-state index contributed by atoms with van der Waals surface area (Å²) < 4.78 is 0.